The third-order valence-corrected chi connectivity index (χ3v) is 6.59. The van der Waals surface area contributed by atoms with Crippen LogP contribution in [0.5, 0.6) is 0 Å². The van der Waals surface area contributed by atoms with Gasteiger partial charge in [0, 0.05) is 46.5 Å². The standard InChI is InChI=1S/C24H30FN5O3/c1-26-24(31)16-6-15(7-19(25)8-16)22-2-3-23(29-28-22)27-20-9-17-11-30(12-18(17)10-20)13-21-14-32-4-5-33-21/h2-3,6-8,17-18,20-21H,4-5,9-14H2,1H3,(H,26,31)(H,27,29)/t17-,18+,20?,21-/m0/s1/i13D2. The first-order valence-corrected chi connectivity index (χ1v) is 11.4. The number of carbonyl (C=O) groups is 1. The number of rotatable bonds is 6. The molecule has 3 heterocycles. The van der Waals surface area contributed by atoms with E-state index >= 15 is 0 Å². The van der Waals surface area contributed by atoms with E-state index in [1.807, 2.05) is 11.0 Å². The number of aromatic nitrogens is 2. The summed E-state index contributed by atoms with van der Waals surface area (Å²) in [6, 6.07) is 7.91. The van der Waals surface area contributed by atoms with Gasteiger partial charge in [0.15, 0.2) is 0 Å². The van der Waals surface area contributed by atoms with Crippen LogP contribution in [0.25, 0.3) is 11.3 Å². The molecule has 1 aromatic heterocycles. The summed E-state index contributed by atoms with van der Waals surface area (Å²) in [6.07, 6.45) is 1.31. The number of benzene rings is 1. The minimum absolute atomic E-state index is 0.227. The summed E-state index contributed by atoms with van der Waals surface area (Å²) >= 11 is 0. The van der Waals surface area contributed by atoms with Crippen molar-refractivity contribution in [3.8, 4) is 11.3 Å². The van der Waals surface area contributed by atoms with Crippen molar-refractivity contribution in [1.29, 1.82) is 0 Å². The Morgan fingerprint density at radius 2 is 2.03 bits per heavy atom. The van der Waals surface area contributed by atoms with Crippen molar-refractivity contribution < 1.29 is 21.4 Å². The molecule has 0 spiro atoms. The number of fused-ring (bicyclic) bond motifs is 1. The number of halogens is 1. The van der Waals surface area contributed by atoms with Gasteiger partial charge in [0.2, 0.25) is 0 Å². The molecule has 0 radical (unpaired) electrons. The SMILES string of the molecule is [2H]C([2H])([C@H]1COCCO1)N1C[C@H]2CC(Nc3ccc(-c4cc(F)cc(C(=O)NC)c4)nn3)C[C@H]2C1. The van der Waals surface area contributed by atoms with Gasteiger partial charge in [-0.2, -0.15) is 0 Å². The van der Waals surface area contributed by atoms with Gasteiger partial charge in [-0.25, -0.2) is 4.39 Å². The van der Waals surface area contributed by atoms with Crippen molar-refractivity contribution in [2.75, 3.05) is 51.8 Å². The van der Waals surface area contributed by atoms with E-state index in [0.717, 1.165) is 12.8 Å². The molecule has 33 heavy (non-hydrogen) atoms. The number of likely N-dealkylation sites (tertiary alicyclic amines) is 1. The molecule has 2 saturated heterocycles. The maximum atomic E-state index is 14.0. The highest BCUT2D eigenvalue weighted by Gasteiger charge is 2.41. The van der Waals surface area contributed by atoms with E-state index in [4.69, 9.17) is 12.2 Å². The predicted octanol–water partition coefficient (Wildman–Crippen LogP) is 2.18. The molecular weight excluding hydrogens is 425 g/mol. The smallest absolute Gasteiger partial charge is 0.251 e. The van der Waals surface area contributed by atoms with Crippen molar-refractivity contribution in [3.63, 3.8) is 0 Å². The van der Waals surface area contributed by atoms with Crippen LogP contribution < -0.4 is 10.6 Å². The number of anilines is 1. The molecule has 8 nitrogen and oxygen atoms in total. The molecule has 5 rings (SSSR count). The van der Waals surface area contributed by atoms with Crippen molar-refractivity contribution in [3.05, 3.63) is 41.7 Å². The topological polar surface area (TPSA) is 88.6 Å². The molecule has 176 valence electrons. The summed E-state index contributed by atoms with van der Waals surface area (Å²) in [5.74, 6) is 0.588. The zero-order valence-electron chi connectivity index (χ0n) is 20.6. The summed E-state index contributed by atoms with van der Waals surface area (Å²) < 4.78 is 42.2. The monoisotopic (exact) mass is 457 g/mol. The van der Waals surface area contributed by atoms with Gasteiger partial charge in [-0.05, 0) is 55.0 Å². The fraction of sp³-hybridized carbons (Fsp3) is 0.542. The fourth-order valence-electron chi connectivity index (χ4n) is 5.07. The molecule has 1 aliphatic carbocycles. The van der Waals surface area contributed by atoms with E-state index < -0.39 is 18.4 Å². The van der Waals surface area contributed by atoms with Gasteiger partial charge >= 0.3 is 0 Å². The number of amides is 1. The summed E-state index contributed by atoms with van der Waals surface area (Å²) in [4.78, 5) is 13.8. The third-order valence-electron chi connectivity index (χ3n) is 6.59. The van der Waals surface area contributed by atoms with Gasteiger partial charge in [-0.15, -0.1) is 10.2 Å². The van der Waals surface area contributed by atoms with Crippen LogP contribution in [-0.4, -0.2) is 79.6 Å². The zero-order chi connectivity index (χ0) is 24.6. The Balaban J connectivity index is 1.18. The Bertz CT molecular complexity index is 1050. The number of carbonyl (C=O) groups excluding carboxylic acids is 1. The van der Waals surface area contributed by atoms with Crippen LogP contribution in [0.15, 0.2) is 30.3 Å². The van der Waals surface area contributed by atoms with E-state index in [1.165, 1.54) is 19.2 Å². The Morgan fingerprint density at radius 3 is 2.70 bits per heavy atom. The average Bonchev–Trinajstić information content (AvgIpc) is 3.43. The summed E-state index contributed by atoms with van der Waals surface area (Å²) in [5, 5.41) is 14.4. The second-order valence-corrected chi connectivity index (χ2v) is 8.91. The van der Waals surface area contributed by atoms with E-state index in [9.17, 15) is 9.18 Å². The van der Waals surface area contributed by atoms with Gasteiger partial charge in [0.25, 0.3) is 5.91 Å². The Hall–Kier alpha value is -2.62. The molecule has 1 amide bonds. The zero-order valence-corrected chi connectivity index (χ0v) is 18.6. The molecule has 2 aromatic rings. The molecule has 1 saturated carbocycles. The predicted molar refractivity (Wildman–Crippen MR) is 121 cm³/mol. The Kier molecular flexibility index (Phi) is 5.83. The van der Waals surface area contributed by atoms with E-state index in [-0.39, 0.29) is 17.5 Å². The first-order chi connectivity index (χ1) is 16.8. The lowest BCUT2D eigenvalue weighted by atomic mass is 10.0. The maximum Gasteiger partial charge on any atom is 0.251 e. The van der Waals surface area contributed by atoms with Gasteiger partial charge < -0.3 is 25.0 Å². The second-order valence-electron chi connectivity index (χ2n) is 8.91. The van der Waals surface area contributed by atoms with Crippen LogP contribution >= 0.6 is 0 Å². The molecule has 9 heteroatoms. The lowest BCUT2D eigenvalue weighted by Gasteiger charge is -2.28. The molecular formula is C24H30FN5O3. The number of nitrogens with zero attached hydrogens (tertiary/aromatic N) is 3. The minimum atomic E-state index is -1.54. The van der Waals surface area contributed by atoms with Crippen LogP contribution in [0, 0.1) is 17.7 Å². The molecule has 4 atom stereocenters. The summed E-state index contributed by atoms with van der Waals surface area (Å²) in [7, 11) is 1.50. The van der Waals surface area contributed by atoms with E-state index in [2.05, 4.69) is 20.8 Å². The van der Waals surface area contributed by atoms with Crippen LogP contribution in [-0.2, 0) is 9.47 Å². The second kappa shape index (κ2) is 9.70. The molecule has 1 aromatic carbocycles. The highest BCUT2D eigenvalue weighted by molar-refractivity contribution is 5.95. The highest BCUT2D eigenvalue weighted by atomic mass is 19.1. The molecule has 1 unspecified atom stereocenters. The van der Waals surface area contributed by atoms with E-state index in [0.29, 0.717) is 61.8 Å². The van der Waals surface area contributed by atoms with Crippen LogP contribution in [0.1, 0.15) is 25.9 Å². The van der Waals surface area contributed by atoms with Gasteiger partial charge in [-0.1, -0.05) is 0 Å². The first kappa shape index (κ1) is 19.8. The highest BCUT2D eigenvalue weighted by Crippen LogP contribution is 2.39. The normalized spacial score (nSPS) is 28.7. The molecule has 0 bridgehead atoms. The summed E-state index contributed by atoms with van der Waals surface area (Å²) in [5.41, 5.74) is 1.19. The van der Waals surface area contributed by atoms with Gasteiger partial charge in [0.05, 0.1) is 31.6 Å². The van der Waals surface area contributed by atoms with Crippen LogP contribution in [0.3, 0.4) is 0 Å². The Morgan fingerprint density at radius 1 is 1.21 bits per heavy atom. The largest absolute Gasteiger partial charge is 0.376 e. The molecule has 3 fully saturated rings. The van der Waals surface area contributed by atoms with Crippen molar-refractivity contribution in [2.24, 2.45) is 11.8 Å². The lowest BCUT2D eigenvalue weighted by molar-refractivity contribution is -0.0964. The minimum Gasteiger partial charge on any atom is -0.376 e. The number of nitrogens with one attached hydrogen (secondary N) is 2. The van der Waals surface area contributed by atoms with Gasteiger partial charge in [0.1, 0.15) is 11.6 Å². The van der Waals surface area contributed by atoms with Crippen molar-refractivity contribution in [2.45, 2.75) is 25.0 Å². The van der Waals surface area contributed by atoms with Gasteiger partial charge in [-0.3, -0.25) is 4.79 Å². The van der Waals surface area contributed by atoms with E-state index in [1.54, 1.807) is 12.1 Å². The Labute approximate surface area is 195 Å². The molecule has 2 N–H and O–H groups in total. The molecule has 2 aliphatic heterocycles. The average molecular weight is 458 g/mol. The van der Waals surface area contributed by atoms with Crippen LogP contribution in [0.4, 0.5) is 10.2 Å². The number of hydrogen-bond donors (Lipinski definition) is 2. The summed E-state index contributed by atoms with van der Waals surface area (Å²) in [6.45, 7) is 1.12. The maximum absolute atomic E-state index is 14.0. The number of ether oxygens (including phenoxy) is 2. The first-order valence-electron chi connectivity index (χ1n) is 12.4. The van der Waals surface area contributed by atoms with Crippen molar-refractivity contribution in [1.82, 2.24) is 20.4 Å². The third kappa shape index (κ3) is 5.15. The lowest BCUT2D eigenvalue weighted by Crippen LogP contribution is -2.39. The molecule has 3 aliphatic rings. The van der Waals surface area contributed by atoms with Crippen molar-refractivity contribution >= 4 is 11.7 Å². The van der Waals surface area contributed by atoms with Crippen LogP contribution in [0.2, 0.25) is 0 Å². The number of hydrogen-bond acceptors (Lipinski definition) is 7. The quantitative estimate of drug-likeness (QED) is 0.687. The fourth-order valence-corrected chi connectivity index (χ4v) is 5.07.